The minimum absolute atomic E-state index is 0.0238. The van der Waals surface area contributed by atoms with Gasteiger partial charge in [-0.25, -0.2) is 4.79 Å². The number of para-hydroxylation sites is 2. The summed E-state index contributed by atoms with van der Waals surface area (Å²) in [5.74, 6) is 1.05. The Balaban J connectivity index is 1.44. The lowest BCUT2D eigenvalue weighted by Crippen LogP contribution is -2.35. The Kier molecular flexibility index (Phi) is 5.32. The van der Waals surface area contributed by atoms with Gasteiger partial charge in [0.2, 0.25) is 0 Å². The molecular weight excluding hydrogens is 374 g/mol. The molecule has 1 aromatic carbocycles. The van der Waals surface area contributed by atoms with Gasteiger partial charge < -0.3 is 24.3 Å². The standard InChI is InChI=1S/C22H25NO6/c1-14-12-17(18-13-27-15-6-2-3-7-16(15)28-18)29-21(25)19(14)20(24)23-11-10-22(26)8-4-5-9-22/h2-3,6-7,12,18,26H,4-5,8-11,13H2,1H3,(H,23,24). The van der Waals surface area contributed by atoms with Gasteiger partial charge in [0.1, 0.15) is 12.2 Å². The average molecular weight is 399 g/mol. The monoisotopic (exact) mass is 399 g/mol. The first-order valence-electron chi connectivity index (χ1n) is 9.99. The topological polar surface area (TPSA) is 98.0 Å². The Bertz CT molecular complexity index is 960. The Morgan fingerprint density at radius 1 is 1.24 bits per heavy atom. The maximum absolute atomic E-state index is 12.5. The Hall–Kier alpha value is -2.80. The molecule has 1 fully saturated rings. The summed E-state index contributed by atoms with van der Waals surface area (Å²) in [5, 5.41) is 13.1. The van der Waals surface area contributed by atoms with Gasteiger partial charge in [0.15, 0.2) is 23.4 Å². The van der Waals surface area contributed by atoms with E-state index in [1.165, 1.54) is 0 Å². The number of rotatable bonds is 5. The number of aliphatic hydroxyl groups is 1. The molecule has 7 heteroatoms. The number of amides is 1. The SMILES string of the molecule is Cc1cc(C2COc3ccccc3O2)oc(=O)c1C(=O)NCCC1(O)CCCC1. The molecule has 4 rings (SSSR count). The second-order valence-electron chi connectivity index (χ2n) is 7.80. The zero-order valence-electron chi connectivity index (χ0n) is 16.4. The summed E-state index contributed by atoms with van der Waals surface area (Å²) in [6, 6.07) is 8.92. The van der Waals surface area contributed by atoms with Crippen molar-refractivity contribution >= 4 is 5.91 Å². The Morgan fingerprint density at radius 2 is 1.97 bits per heavy atom. The number of benzene rings is 1. The van der Waals surface area contributed by atoms with Crippen LogP contribution in [0.2, 0.25) is 0 Å². The lowest BCUT2D eigenvalue weighted by molar-refractivity contribution is 0.0389. The summed E-state index contributed by atoms with van der Waals surface area (Å²) in [6.07, 6.45) is 3.44. The molecule has 2 heterocycles. The minimum Gasteiger partial charge on any atom is -0.485 e. The number of hydrogen-bond acceptors (Lipinski definition) is 6. The number of aryl methyl sites for hydroxylation is 1. The van der Waals surface area contributed by atoms with Crippen molar-refractivity contribution in [2.75, 3.05) is 13.2 Å². The van der Waals surface area contributed by atoms with Crippen LogP contribution in [0.5, 0.6) is 11.5 Å². The van der Waals surface area contributed by atoms with Crippen LogP contribution in [0.3, 0.4) is 0 Å². The van der Waals surface area contributed by atoms with E-state index in [1.807, 2.05) is 18.2 Å². The van der Waals surface area contributed by atoms with Gasteiger partial charge in [-0.2, -0.15) is 0 Å². The van der Waals surface area contributed by atoms with Gasteiger partial charge in [-0.3, -0.25) is 4.79 Å². The van der Waals surface area contributed by atoms with Crippen molar-refractivity contribution in [3.05, 3.63) is 57.6 Å². The van der Waals surface area contributed by atoms with Crippen LogP contribution in [0.25, 0.3) is 0 Å². The molecule has 0 saturated heterocycles. The van der Waals surface area contributed by atoms with Crippen molar-refractivity contribution in [3.8, 4) is 11.5 Å². The summed E-state index contributed by atoms with van der Waals surface area (Å²) in [5.41, 5.74) is -0.925. The van der Waals surface area contributed by atoms with Crippen LogP contribution in [0.4, 0.5) is 0 Å². The van der Waals surface area contributed by atoms with Gasteiger partial charge in [-0.05, 0) is 49.9 Å². The second-order valence-corrected chi connectivity index (χ2v) is 7.80. The third kappa shape index (κ3) is 4.15. The van der Waals surface area contributed by atoms with Crippen molar-refractivity contribution in [1.82, 2.24) is 5.32 Å². The molecule has 1 aromatic heterocycles. The van der Waals surface area contributed by atoms with E-state index in [4.69, 9.17) is 13.9 Å². The fraction of sp³-hybridized carbons (Fsp3) is 0.455. The van der Waals surface area contributed by atoms with Crippen molar-refractivity contribution in [1.29, 1.82) is 0 Å². The molecule has 1 aliphatic carbocycles. The third-order valence-corrected chi connectivity index (χ3v) is 5.63. The number of ether oxygens (including phenoxy) is 2. The molecular formula is C22H25NO6. The highest BCUT2D eigenvalue weighted by atomic mass is 16.6. The molecule has 154 valence electrons. The van der Waals surface area contributed by atoms with Gasteiger partial charge in [0.05, 0.1) is 5.60 Å². The highest BCUT2D eigenvalue weighted by Crippen LogP contribution is 2.36. The van der Waals surface area contributed by atoms with Gasteiger partial charge >= 0.3 is 5.63 Å². The summed E-state index contributed by atoms with van der Waals surface area (Å²) in [7, 11) is 0. The van der Waals surface area contributed by atoms with Crippen LogP contribution >= 0.6 is 0 Å². The smallest absolute Gasteiger partial charge is 0.349 e. The predicted octanol–water partition coefficient (Wildman–Crippen LogP) is 2.89. The van der Waals surface area contributed by atoms with Crippen LogP contribution in [-0.2, 0) is 0 Å². The van der Waals surface area contributed by atoms with Gasteiger partial charge in [-0.1, -0.05) is 25.0 Å². The predicted molar refractivity (Wildman–Crippen MR) is 105 cm³/mol. The Morgan fingerprint density at radius 3 is 2.69 bits per heavy atom. The highest BCUT2D eigenvalue weighted by molar-refractivity contribution is 5.95. The lowest BCUT2D eigenvalue weighted by Gasteiger charge is -2.25. The summed E-state index contributed by atoms with van der Waals surface area (Å²) >= 11 is 0. The van der Waals surface area contributed by atoms with Crippen LogP contribution in [0.15, 0.2) is 39.5 Å². The molecule has 1 unspecified atom stereocenters. The molecule has 2 N–H and O–H groups in total. The summed E-state index contributed by atoms with van der Waals surface area (Å²) in [6.45, 7) is 2.22. The first kappa shape index (κ1) is 19.5. The van der Waals surface area contributed by atoms with Crippen LogP contribution in [0.1, 0.15) is 59.9 Å². The van der Waals surface area contributed by atoms with Crippen molar-refractivity contribution in [2.45, 2.75) is 50.7 Å². The van der Waals surface area contributed by atoms with Gasteiger partial charge in [-0.15, -0.1) is 0 Å². The molecule has 1 atom stereocenters. The lowest BCUT2D eigenvalue weighted by atomic mass is 9.98. The first-order valence-corrected chi connectivity index (χ1v) is 9.99. The normalized spacial score (nSPS) is 19.7. The maximum Gasteiger partial charge on any atom is 0.349 e. The van der Waals surface area contributed by atoms with Crippen molar-refractivity contribution < 1.29 is 23.8 Å². The maximum atomic E-state index is 12.5. The molecule has 0 spiro atoms. The first-order chi connectivity index (χ1) is 14.0. The number of carbonyl (C=O) groups excluding carboxylic acids is 1. The number of fused-ring (bicyclic) bond motifs is 1. The number of carbonyl (C=O) groups is 1. The fourth-order valence-electron chi connectivity index (χ4n) is 4.00. The molecule has 29 heavy (non-hydrogen) atoms. The molecule has 0 bridgehead atoms. The minimum atomic E-state index is -0.709. The number of nitrogens with one attached hydrogen (secondary N) is 1. The van der Waals surface area contributed by atoms with Gasteiger partial charge in [0.25, 0.3) is 5.91 Å². The average Bonchev–Trinajstić information content (AvgIpc) is 3.13. The van der Waals surface area contributed by atoms with E-state index in [0.717, 1.165) is 25.7 Å². The second kappa shape index (κ2) is 7.91. The zero-order chi connectivity index (χ0) is 20.4. The molecule has 1 saturated carbocycles. The molecule has 0 radical (unpaired) electrons. The van der Waals surface area contributed by atoms with Gasteiger partial charge in [0, 0.05) is 6.54 Å². The van der Waals surface area contributed by atoms with E-state index in [1.54, 1.807) is 19.1 Å². The van der Waals surface area contributed by atoms with E-state index >= 15 is 0 Å². The van der Waals surface area contributed by atoms with E-state index in [2.05, 4.69) is 5.32 Å². The largest absolute Gasteiger partial charge is 0.485 e. The number of hydrogen-bond donors (Lipinski definition) is 2. The van der Waals surface area contributed by atoms with E-state index in [9.17, 15) is 14.7 Å². The molecule has 2 aliphatic rings. The van der Waals surface area contributed by atoms with E-state index in [-0.39, 0.29) is 12.2 Å². The van der Waals surface area contributed by atoms with Crippen LogP contribution in [-0.4, -0.2) is 29.8 Å². The van der Waals surface area contributed by atoms with E-state index in [0.29, 0.717) is 35.8 Å². The quantitative estimate of drug-likeness (QED) is 0.802. The zero-order valence-corrected chi connectivity index (χ0v) is 16.4. The molecule has 1 aliphatic heterocycles. The fourth-order valence-corrected chi connectivity index (χ4v) is 4.00. The summed E-state index contributed by atoms with van der Waals surface area (Å²) < 4.78 is 16.9. The third-order valence-electron chi connectivity index (χ3n) is 5.63. The summed E-state index contributed by atoms with van der Waals surface area (Å²) in [4.78, 5) is 25.0. The van der Waals surface area contributed by atoms with Crippen LogP contribution < -0.4 is 20.4 Å². The Labute approximate surface area is 168 Å². The molecule has 7 nitrogen and oxygen atoms in total. The molecule has 1 amide bonds. The molecule has 2 aromatic rings. The van der Waals surface area contributed by atoms with Crippen molar-refractivity contribution in [2.24, 2.45) is 0 Å². The van der Waals surface area contributed by atoms with Crippen LogP contribution in [0, 0.1) is 6.92 Å². The highest BCUT2D eigenvalue weighted by Gasteiger charge is 2.31. The van der Waals surface area contributed by atoms with Crippen molar-refractivity contribution in [3.63, 3.8) is 0 Å². The van der Waals surface area contributed by atoms with E-state index < -0.39 is 23.2 Å².